The van der Waals surface area contributed by atoms with Crippen molar-refractivity contribution in [2.75, 3.05) is 11.5 Å². The van der Waals surface area contributed by atoms with Crippen molar-refractivity contribution in [1.82, 2.24) is 24.3 Å². The molecule has 0 bridgehead atoms. The molecule has 1 fully saturated rings. The largest absolute Gasteiger partial charge is 0.384 e. The normalized spacial score (nSPS) is 13.5. The molecular formula is C18H18N6O4S. The number of benzene rings is 1. The number of hydrogen-bond acceptors (Lipinski definition) is 7. The van der Waals surface area contributed by atoms with E-state index in [-0.39, 0.29) is 23.2 Å². The number of rotatable bonds is 7. The second-order valence-electron chi connectivity index (χ2n) is 6.72. The molecule has 0 amide bonds. The lowest BCUT2D eigenvalue weighted by atomic mass is 10.2. The molecule has 0 unspecified atom stereocenters. The molecule has 150 valence electrons. The number of nitrogen functional groups attached to an aromatic ring is 1. The number of carbonyl (C=O) groups is 1. The molecule has 10 nitrogen and oxygen atoms in total. The second kappa shape index (κ2) is 7.59. The molecular weight excluding hydrogens is 396 g/mol. The van der Waals surface area contributed by atoms with Crippen LogP contribution in [0.25, 0.3) is 0 Å². The Bertz CT molecular complexity index is 1240. The molecule has 1 aliphatic rings. The number of carbonyl (C=O) groups excluding carboxylic acids is 1. The van der Waals surface area contributed by atoms with E-state index in [0.717, 1.165) is 30.2 Å². The number of hydrogen-bond donors (Lipinski definition) is 3. The fourth-order valence-corrected chi connectivity index (χ4v) is 3.87. The van der Waals surface area contributed by atoms with Gasteiger partial charge in [-0.25, -0.2) is 14.7 Å². The Hall–Kier alpha value is -3.34. The maximum Gasteiger partial charge on any atom is 0.344 e. The Morgan fingerprint density at radius 3 is 2.59 bits per heavy atom. The monoisotopic (exact) mass is 414 g/mol. The fraction of sp³-hybridized carbons (Fsp3) is 0.278. The summed E-state index contributed by atoms with van der Waals surface area (Å²) in [6.45, 7) is 0.294. The third-order valence-electron chi connectivity index (χ3n) is 4.61. The zero-order chi connectivity index (χ0) is 20.5. The van der Waals surface area contributed by atoms with Crippen LogP contribution in [0, 0.1) is 0 Å². The van der Waals surface area contributed by atoms with Gasteiger partial charge in [-0.15, -0.1) is 5.10 Å². The molecule has 4 rings (SSSR count). The van der Waals surface area contributed by atoms with Crippen molar-refractivity contribution in [3.63, 3.8) is 0 Å². The molecule has 2 heterocycles. The first-order chi connectivity index (χ1) is 14.0. The van der Waals surface area contributed by atoms with Crippen LogP contribution in [0.5, 0.6) is 0 Å². The quantitative estimate of drug-likeness (QED) is 0.373. The topological polar surface area (TPSA) is 149 Å². The number of nitrogens with two attached hydrogens (primary N) is 1. The minimum Gasteiger partial charge on any atom is -0.384 e. The lowest BCUT2D eigenvalue weighted by molar-refractivity contribution is 0.102. The van der Waals surface area contributed by atoms with Crippen molar-refractivity contribution >= 4 is 23.4 Å². The van der Waals surface area contributed by atoms with Crippen LogP contribution in [0.1, 0.15) is 34.8 Å². The van der Waals surface area contributed by atoms with Gasteiger partial charge in [0, 0.05) is 6.04 Å². The first kappa shape index (κ1) is 19.0. The van der Waals surface area contributed by atoms with Gasteiger partial charge < -0.3 is 5.73 Å². The van der Waals surface area contributed by atoms with Crippen LogP contribution in [-0.2, 0) is 6.54 Å². The molecule has 4 N–H and O–H groups in total. The fourth-order valence-electron chi connectivity index (χ4n) is 3.05. The zero-order valence-corrected chi connectivity index (χ0v) is 16.1. The number of aromatic nitrogens is 5. The van der Waals surface area contributed by atoms with Gasteiger partial charge in [-0.1, -0.05) is 42.1 Å². The summed E-state index contributed by atoms with van der Waals surface area (Å²) in [6, 6.07) is 9.27. The maximum atomic E-state index is 12.7. The number of nitrogens with one attached hydrogen (secondary N) is 2. The van der Waals surface area contributed by atoms with Gasteiger partial charge in [-0.05, 0) is 18.4 Å². The molecule has 0 spiro atoms. The SMILES string of the molecule is Nc1c(C(=O)CSc2n[nH]c(=O)n2Cc2ccccc2)c(=O)[nH]c(=O)n1C1CC1. The molecule has 0 saturated heterocycles. The minimum atomic E-state index is -0.807. The molecule has 29 heavy (non-hydrogen) atoms. The van der Waals surface area contributed by atoms with Crippen LogP contribution in [-0.4, -0.2) is 35.9 Å². The average Bonchev–Trinajstić information content (AvgIpc) is 3.46. The number of H-pyrrole nitrogens is 2. The Morgan fingerprint density at radius 2 is 1.90 bits per heavy atom. The van der Waals surface area contributed by atoms with E-state index in [9.17, 15) is 19.2 Å². The highest BCUT2D eigenvalue weighted by atomic mass is 32.2. The lowest BCUT2D eigenvalue weighted by Gasteiger charge is -2.11. The Morgan fingerprint density at radius 1 is 1.17 bits per heavy atom. The van der Waals surface area contributed by atoms with Crippen LogP contribution < -0.4 is 22.7 Å². The third-order valence-corrected chi connectivity index (χ3v) is 5.59. The number of ketones is 1. The summed E-state index contributed by atoms with van der Waals surface area (Å²) in [4.78, 5) is 51.0. The molecule has 1 saturated carbocycles. The summed E-state index contributed by atoms with van der Waals surface area (Å²) >= 11 is 1.02. The highest BCUT2D eigenvalue weighted by molar-refractivity contribution is 7.99. The van der Waals surface area contributed by atoms with E-state index < -0.39 is 22.7 Å². The van der Waals surface area contributed by atoms with Gasteiger partial charge in [0.05, 0.1) is 12.3 Å². The van der Waals surface area contributed by atoms with Gasteiger partial charge in [0.25, 0.3) is 5.56 Å². The molecule has 1 aromatic carbocycles. The second-order valence-corrected chi connectivity index (χ2v) is 7.66. The predicted octanol–water partition coefficient (Wildman–Crippen LogP) is 0.362. The van der Waals surface area contributed by atoms with Gasteiger partial charge in [-0.3, -0.25) is 23.7 Å². The standard InChI is InChI=1S/C18H18N6O4S/c19-14-13(15(26)20-16(27)24(14)11-6-7-11)12(25)9-29-18-22-21-17(28)23(18)8-10-4-2-1-3-5-10/h1-5,11H,6-9,19H2,(H,21,28)(H,20,26,27). The lowest BCUT2D eigenvalue weighted by Crippen LogP contribution is -2.36. The average molecular weight is 414 g/mol. The molecule has 0 atom stereocenters. The first-order valence-electron chi connectivity index (χ1n) is 8.95. The van der Waals surface area contributed by atoms with Crippen molar-refractivity contribution in [3.05, 3.63) is 72.8 Å². The van der Waals surface area contributed by atoms with E-state index in [2.05, 4.69) is 15.2 Å². The summed E-state index contributed by atoms with van der Waals surface area (Å²) < 4.78 is 2.67. The number of aromatic amines is 2. The highest BCUT2D eigenvalue weighted by Gasteiger charge is 2.30. The van der Waals surface area contributed by atoms with Crippen LogP contribution in [0.4, 0.5) is 5.82 Å². The van der Waals surface area contributed by atoms with E-state index in [1.54, 1.807) is 0 Å². The van der Waals surface area contributed by atoms with Crippen molar-refractivity contribution in [2.45, 2.75) is 30.6 Å². The highest BCUT2D eigenvalue weighted by Crippen LogP contribution is 2.35. The molecule has 1 aliphatic carbocycles. The minimum absolute atomic E-state index is 0.0825. The van der Waals surface area contributed by atoms with Crippen molar-refractivity contribution in [1.29, 1.82) is 0 Å². The van der Waals surface area contributed by atoms with Gasteiger partial charge >= 0.3 is 11.4 Å². The van der Waals surface area contributed by atoms with E-state index in [1.165, 1.54) is 9.13 Å². The van der Waals surface area contributed by atoms with Crippen molar-refractivity contribution < 1.29 is 4.79 Å². The van der Waals surface area contributed by atoms with Gasteiger partial charge in [0.15, 0.2) is 10.9 Å². The molecule has 11 heteroatoms. The van der Waals surface area contributed by atoms with E-state index in [4.69, 9.17) is 5.73 Å². The van der Waals surface area contributed by atoms with Crippen LogP contribution >= 0.6 is 11.8 Å². The molecule has 3 aromatic rings. The van der Waals surface area contributed by atoms with Gasteiger partial charge in [0.1, 0.15) is 11.4 Å². The number of nitrogens with zero attached hydrogens (tertiary/aromatic N) is 3. The smallest absolute Gasteiger partial charge is 0.344 e. The maximum absolute atomic E-state index is 12.7. The van der Waals surface area contributed by atoms with E-state index in [0.29, 0.717) is 11.7 Å². The molecule has 2 aromatic heterocycles. The predicted molar refractivity (Wildman–Crippen MR) is 107 cm³/mol. The van der Waals surface area contributed by atoms with E-state index >= 15 is 0 Å². The molecule has 0 aliphatic heterocycles. The third kappa shape index (κ3) is 3.81. The summed E-state index contributed by atoms with van der Waals surface area (Å²) in [7, 11) is 0. The zero-order valence-electron chi connectivity index (χ0n) is 15.3. The van der Waals surface area contributed by atoms with E-state index in [1.807, 2.05) is 30.3 Å². The number of thioether (sulfide) groups is 1. The van der Waals surface area contributed by atoms with Gasteiger partial charge in [-0.2, -0.15) is 0 Å². The number of anilines is 1. The Labute approximate surface area is 167 Å². The summed E-state index contributed by atoms with van der Waals surface area (Å²) in [5.74, 6) is -0.810. The summed E-state index contributed by atoms with van der Waals surface area (Å²) in [5, 5.41) is 6.64. The van der Waals surface area contributed by atoms with Crippen molar-refractivity contribution in [2.24, 2.45) is 0 Å². The Kier molecular flexibility index (Phi) is 4.97. The Balaban J connectivity index is 1.56. The summed E-state index contributed by atoms with van der Waals surface area (Å²) in [6.07, 6.45) is 1.55. The summed E-state index contributed by atoms with van der Waals surface area (Å²) in [5.41, 5.74) is 4.82. The number of Topliss-reactive ketones (excluding diaryl/α,β-unsaturated/α-hetero) is 1. The first-order valence-corrected chi connectivity index (χ1v) is 9.93. The van der Waals surface area contributed by atoms with Crippen LogP contribution in [0.2, 0.25) is 0 Å². The van der Waals surface area contributed by atoms with Crippen LogP contribution in [0.15, 0.2) is 49.9 Å². The van der Waals surface area contributed by atoms with Crippen LogP contribution in [0.3, 0.4) is 0 Å². The molecule has 0 radical (unpaired) electrons. The van der Waals surface area contributed by atoms with Crippen molar-refractivity contribution in [3.8, 4) is 0 Å². The van der Waals surface area contributed by atoms with Gasteiger partial charge in [0.2, 0.25) is 0 Å².